The Bertz CT molecular complexity index is 2280. The number of hydrogen-bond donors (Lipinski definition) is 2. The van der Waals surface area contributed by atoms with Gasteiger partial charge in [0.15, 0.2) is 5.71 Å². The molecular formula is C47H60N3O11S+. The van der Waals surface area contributed by atoms with Gasteiger partial charge >= 0.3 is 5.97 Å². The molecule has 5 rings (SSSR count). The van der Waals surface area contributed by atoms with Crippen molar-refractivity contribution < 1.29 is 51.3 Å². The predicted octanol–water partition coefficient (Wildman–Crippen LogP) is 8.23. The SMILES string of the molecule is Cc1ccc2c(c1)C(C)(C)C(=CC=CC=CC1=[N+](CCCCCC(=O)O)c3ccc(S(=O)(=O)O)cc3C1(C)C)N2CCOCCOCCOCCOCc1ccc([N+](=O)[O-])cc1. The molecule has 2 aliphatic rings. The average molecular weight is 875 g/mol. The second-order valence-electron chi connectivity index (χ2n) is 16.4. The van der Waals surface area contributed by atoms with Crippen LogP contribution in [0.15, 0.2) is 102 Å². The van der Waals surface area contributed by atoms with E-state index in [0.717, 1.165) is 46.8 Å². The van der Waals surface area contributed by atoms with Crippen molar-refractivity contribution >= 4 is 38.9 Å². The van der Waals surface area contributed by atoms with Crippen LogP contribution in [0.1, 0.15) is 75.6 Å². The van der Waals surface area contributed by atoms with E-state index in [0.29, 0.717) is 72.4 Å². The molecule has 2 N–H and O–H groups in total. The quantitative estimate of drug-likeness (QED) is 0.0208. The first kappa shape index (κ1) is 48.0. The van der Waals surface area contributed by atoms with E-state index in [4.69, 9.17) is 24.1 Å². The minimum atomic E-state index is -4.39. The number of carboxylic acids is 1. The number of nitro groups is 1. The number of nitrogens with zero attached hydrogens (tertiary/aromatic N) is 3. The number of carbonyl (C=O) groups is 1. The topological polar surface area (TPSA) is 178 Å². The van der Waals surface area contributed by atoms with Crippen molar-refractivity contribution in [3.8, 4) is 0 Å². The molecule has 14 nitrogen and oxygen atoms in total. The zero-order valence-electron chi connectivity index (χ0n) is 36.4. The summed E-state index contributed by atoms with van der Waals surface area (Å²) in [5.74, 6) is -0.815. The van der Waals surface area contributed by atoms with E-state index in [1.54, 1.807) is 24.3 Å². The number of aliphatic carboxylic acids is 1. The normalized spacial score (nSPS) is 16.2. The fourth-order valence-electron chi connectivity index (χ4n) is 7.89. The standard InChI is InChI=1S/C47H59N3O11S/c1-35-15-21-41-39(32-35)46(2,3)44(49(41)24-25-58-26-27-59-28-29-60-30-31-61-34-36-16-18-37(19-17-36)50(53)54)13-9-6-8-12-43-47(4,5)40-33-38(62(55,56)57)20-22-42(40)48(43)23-11-7-10-14-45(51)52/h6,8-9,12-13,15-22,32-33H,7,10-11,14,23-31,34H2,1-5H3,(H-,51,52,55,56,57)/p+1. The number of ether oxygens (including phenoxy) is 4. The van der Waals surface area contributed by atoms with Gasteiger partial charge in [0.05, 0.1) is 68.1 Å². The smallest absolute Gasteiger partial charge is 0.303 e. The molecule has 0 spiro atoms. The van der Waals surface area contributed by atoms with Crippen LogP contribution < -0.4 is 4.90 Å². The van der Waals surface area contributed by atoms with E-state index >= 15 is 0 Å². The molecule has 0 amide bonds. The molecule has 0 aliphatic carbocycles. The van der Waals surface area contributed by atoms with Crippen LogP contribution in [-0.2, 0) is 51.3 Å². The van der Waals surface area contributed by atoms with Gasteiger partial charge in [0.25, 0.3) is 15.8 Å². The Hall–Kier alpha value is -5.03. The molecule has 0 bridgehead atoms. The Labute approximate surface area is 365 Å². The molecule has 15 heteroatoms. The minimum Gasteiger partial charge on any atom is -0.481 e. The zero-order chi connectivity index (χ0) is 44.9. The monoisotopic (exact) mass is 874 g/mol. The van der Waals surface area contributed by atoms with Crippen molar-refractivity contribution in [3.63, 3.8) is 0 Å². The highest BCUT2D eigenvalue weighted by molar-refractivity contribution is 7.85. The van der Waals surface area contributed by atoms with Crippen molar-refractivity contribution in [2.75, 3.05) is 64.2 Å². The Morgan fingerprint density at radius 2 is 1.47 bits per heavy atom. The maximum absolute atomic E-state index is 12.1. The van der Waals surface area contributed by atoms with Crippen LogP contribution in [0.25, 0.3) is 0 Å². The third-order valence-corrected chi connectivity index (χ3v) is 12.1. The van der Waals surface area contributed by atoms with E-state index in [-0.39, 0.29) is 22.4 Å². The summed E-state index contributed by atoms with van der Waals surface area (Å²) in [4.78, 5) is 23.6. The van der Waals surface area contributed by atoms with Crippen LogP contribution in [0.3, 0.4) is 0 Å². The third kappa shape index (κ3) is 12.5. The van der Waals surface area contributed by atoms with Crippen LogP contribution in [0.4, 0.5) is 17.1 Å². The zero-order valence-corrected chi connectivity index (χ0v) is 37.2. The van der Waals surface area contributed by atoms with Crippen molar-refractivity contribution in [3.05, 3.63) is 129 Å². The van der Waals surface area contributed by atoms with Gasteiger partial charge in [0, 0.05) is 66.0 Å². The van der Waals surface area contributed by atoms with Gasteiger partial charge in [0.2, 0.25) is 5.69 Å². The Morgan fingerprint density at radius 3 is 2.11 bits per heavy atom. The van der Waals surface area contributed by atoms with Crippen LogP contribution in [0, 0.1) is 17.0 Å². The third-order valence-electron chi connectivity index (χ3n) is 11.2. The number of allylic oxidation sites excluding steroid dienone is 6. The molecule has 2 aliphatic heterocycles. The molecule has 0 saturated carbocycles. The number of non-ortho nitro benzene ring substituents is 1. The number of fused-ring (bicyclic) bond motifs is 2. The van der Waals surface area contributed by atoms with Crippen LogP contribution >= 0.6 is 0 Å². The molecule has 334 valence electrons. The van der Waals surface area contributed by atoms with E-state index < -0.39 is 26.4 Å². The molecular weight excluding hydrogens is 815 g/mol. The fourth-order valence-corrected chi connectivity index (χ4v) is 8.39. The molecule has 2 heterocycles. The van der Waals surface area contributed by atoms with Crippen molar-refractivity contribution in [2.24, 2.45) is 0 Å². The van der Waals surface area contributed by atoms with Gasteiger partial charge in [-0.05, 0) is 81.1 Å². The first-order chi connectivity index (χ1) is 29.5. The summed E-state index contributed by atoms with van der Waals surface area (Å²) in [6.45, 7) is 15.3. The lowest BCUT2D eigenvalue weighted by Crippen LogP contribution is -2.29. The Morgan fingerprint density at radius 1 is 0.806 bits per heavy atom. The first-order valence-corrected chi connectivity index (χ1v) is 22.4. The van der Waals surface area contributed by atoms with Crippen LogP contribution in [-0.4, -0.2) is 98.6 Å². The fraction of sp³-hybridized carbons (Fsp3) is 0.447. The molecule has 0 unspecified atom stereocenters. The van der Waals surface area contributed by atoms with E-state index in [1.807, 2.05) is 38.2 Å². The molecule has 0 saturated heterocycles. The largest absolute Gasteiger partial charge is 0.481 e. The summed E-state index contributed by atoms with van der Waals surface area (Å²) in [6, 6.07) is 17.5. The first-order valence-electron chi connectivity index (χ1n) is 21.0. The highest BCUT2D eigenvalue weighted by Crippen LogP contribution is 2.48. The molecule has 0 fully saturated rings. The summed E-state index contributed by atoms with van der Waals surface area (Å²) in [7, 11) is -4.39. The summed E-state index contributed by atoms with van der Waals surface area (Å²) in [6.07, 6.45) is 12.4. The maximum atomic E-state index is 12.1. The molecule has 62 heavy (non-hydrogen) atoms. The second kappa shape index (κ2) is 21.9. The summed E-state index contributed by atoms with van der Waals surface area (Å²) in [5, 5.41) is 19.9. The number of carboxylic acid groups (broad SMARTS) is 1. The van der Waals surface area contributed by atoms with Crippen LogP contribution in [0.2, 0.25) is 0 Å². The van der Waals surface area contributed by atoms with Gasteiger partial charge in [-0.3, -0.25) is 19.5 Å². The Kier molecular flexibility index (Phi) is 16.9. The molecule has 0 radical (unpaired) electrons. The Balaban J connectivity index is 1.14. The van der Waals surface area contributed by atoms with E-state index in [1.165, 1.54) is 29.3 Å². The van der Waals surface area contributed by atoms with Gasteiger partial charge in [-0.2, -0.15) is 13.0 Å². The van der Waals surface area contributed by atoms with Gasteiger partial charge in [-0.25, -0.2) is 0 Å². The van der Waals surface area contributed by atoms with Gasteiger partial charge < -0.3 is 29.0 Å². The van der Waals surface area contributed by atoms with E-state index in [2.05, 4.69) is 54.5 Å². The number of anilines is 1. The summed E-state index contributed by atoms with van der Waals surface area (Å²) >= 11 is 0. The second-order valence-corrected chi connectivity index (χ2v) is 17.8. The average Bonchev–Trinajstić information content (AvgIpc) is 3.56. The maximum Gasteiger partial charge on any atom is 0.303 e. The number of aryl methyl sites for hydroxylation is 1. The number of nitro benzene ring substituents is 1. The summed E-state index contributed by atoms with van der Waals surface area (Å²) in [5.41, 5.74) is 7.42. The lowest BCUT2D eigenvalue weighted by molar-refractivity contribution is -0.438. The lowest BCUT2D eigenvalue weighted by atomic mass is 9.81. The van der Waals surface area contributed by atoms with Crippen molar-refractivity contribution in [1.29, 1.82) is 0 Å². The predicted molar refractivity (Wildman–Crippen MR) is 238 cm³/mol. The van der Waals surface area contributed by atoms with Gasteiger partial charge in [-0.15, -0.1) is 0 Å². The molecule has 0 atom stereocenters. The van der Waals surface area contributed by atoms with Crippen molar-refractivity contribution in [1.82, 2.24) is 0 Å². The van der Waals surface area contributed by atoms with Gasteiger partial charge in [0.1, 0.15) is 6.54 Å². The molecule has 3 aromatic carbocycles. The number of unbranched alkanes of at least 4 members (excludes halogenated alkanes) is 2. The lowest BCUT2D eigenvalue weighted by Gasteiger charge is -2.27. The van der Waals surface area contributed by atoms with Crippen LogP contribution in [0.5, 0.6) is 0 Å². The number of benzene rings is 3. The minimum absolute atomic E-state index is 0.0491. The highest BCUT2D eigenvalue weighted by atomic mass is 32.2. The van der Waals surface area contributed by atoms with Gasteiger partial charge in [-0.1, -0.05) is 49.8 Å². The van der Waals surface area contributed by atoms with Crippen molar-refractivity contribution in [2.45, 2.75) is 82.6 Å². The number of hydrogen-bond acceptors (Lipinski definition) is 10. The number of rotatable bonds is 25. The highest BCUT2D eigenvalue weighted by Gasteiger charge is 2.45. The molecule has 3 aromatic rings. The molecule has 0 aromatic heterocycles. The summed E-state index contributed by atoms with van der Waals surface area (Å²) < 4.78 is 58.9. The van der Waals surface area contributed by atoms with E-state index in [9.17, 15) is 27.9 Å².